The Kier molecular flexibility index (Phi) is 6.22. The number of aliphatic hydroxyl groups excluding tert-OH is 2. The summed E-state index contributed by atoms with van der Waals surface area (Å²) in [4.78, 5) is 29.0. The number of rotatable bonds is 7. The number of likely N-dealkylation sites (N-methyl/N-ethyl adjacent to an activating group) is 1. The number of aliphatic hydroxyl groups is 2. The molecule has 5 heterocycles. The number of nitrogens with one attached hydrogen (secondary N) is 2. The molecule has 1 amide bonds. The lowest BCUT2D eigenvalue weighted by atomic mass is 10.1. The van der Waals surface area contributed by atoms with Gasteiger partial charge in [0.2, 0.25) is 0 Å². The van der Waals surface area contributed by atoms with Crippen LogP contribution in [0, 0.1) is 0 Å². The van der Waals surface area contributed by atoms with Crippen molar-refractivity contribution < 1.29 is 28.5 Å². The Hall–Kier alpha value is -4.15. The molecule has 0 aromatic carbocycles. The third-order valence-corrected chi connectivity index (χ3v) is 5.67. The highest BCUT2D eigenvalue weighted by Gasteiger charge is 2.47. The minimum Gasteiger partial charge on any atom is -0.387 e. The summed E-state index contributed by atoms with van der Waals surface area (Å²) in [6, 6.07) is 3.47. The highest BCUT2D eigenvalue weighted by atomic mass is 19.3. The first-order valence-corrected chi connectivity index (χ1v) is 11.1. The minimum atomic E-state index is -3.06. The molecule has 4 aromatic heterocycles. The second-order valence-electron chi connectivity index (χ2n) is 8.45. The van der Waals surface area contributed by atoms with Crippen molar-refractivity contribution in [1.29, 1.82) is 0 Å². The number of aromatic nitrogens is 8. The van der Waals surface area contributed by atoms with Gasteiger partial charge < -0.3 is 25.6 Å². The zero-order valence-electron chi connectivity index (χ0n) is 19.5. The van der Waals surface area contributed by atoms with Crippen LogP contribution >= 0.6 is 0 Å². The number of ether oxygens (including phenoxy) is 1. The van der Waals surface area contributed by atoms with E-state index in [0.717, 1.165) is 12.5 Å². The fraction of sp³-hybridized carbons (Fsp3) is 0.381. The number of amides is 1. The highest BCUT2D eigenvalue weighted by molar-refractivity contribution is 5.84. The van der Waals surface area contributed by atoms with Crippen LogP contribution < -0.4 is 10.6 Å². The number of anilines is 1. The molecule has 1 saturated heterocycles. The first-order chi connectivity index (χ1) is 17.7. The number of nitrogens with zero attached hydrogens (tertiary/aromatic N) is 8. The summed E-state index contributed by atoms with van der Waals surface area (Å²) in [5.41, 5.74) is 1.38. The standard InChI is InChI=1S/C21H22F2N10O4/c1-21(22,23)8-26-16-12-17(32(9-27-12)19-14(35)13(34)15(37-19)18(36)24-2)29-20(28-16)33-7-11(30-31-33)10-3-5-25-6-4-10/h3-7,9,13-15,19,34-35H,8H2,1-2H3,(H,24,36)(H,26,28,29)/t13-,14+,15-,19+/m0/s1. The van der Waals surface area contributed by atoms with Crippen LogP contribution in [0.2, 0.25) is 0 Å². The molecule has 0 unspecified atom stereocenters. The molecular formula is C21H22F2N10O4. The number of halogens is 2. The summed E-state index contributed by atoms with van der Waals surface area (Å²) in [6.45, 7) is 0.00436. The molecule has 0 saturated carbocycles. The topological polar surface area (TPSA) is 178 Å². The van der Waals surface area contributed by atoms with Gasteiger partial charge in [-0.25, -0.2) is 13.8 Å². The molecule has 1 aliphatic heterocycles. The predicted molar refractivity (Wildman–Crippen MR) is 123 cm³/mol. The fourth-order valence-corrected chi connectivity index (χ4v) is 3.82. The number of hydrogen-bond acceptors (Lipinski definition) is 11. The monoisotopic (exact) mass is 516 g/mol. The van der Waals surface area contributed by atoms with Crippen molar-refractivity contribution in [1.82, 2.24) is 44.8 Å². The van der Waals surface area contributed by atoms with Gasteiger partial charge in [-0.05, 0) is 12.1 Å². The molecule has 0 radical (unpaired) electrons. The van der Waals surface area contributed by atoms with Crippen LogP contribution in [0.5, 0.6) is 0 Å². The molecule has 4 aromatic rings. The molecule has 5 rings (SSSR count). The van der Waals surface area contributed by atoms with E-state index < -0.39 is 42.9 Å². The molecular weight excluding hydrogens is 494 g/mol. The maximum absolute atomic E-state index is 13.6. The summed E-state index contributed by atoms with van der Waals surface area (Å²) in [6.07, 6.45) is 0.326. The average Bonchev–Trinajstić information content (AvgIpc) is 3.61. The SMILES string of the molecule is CNC(=O)[C@H]1O[C@@H](n2cnc3c(NCC(C)(F)F)nc(-n4cc(-c5ccncc5)nn4)nc32)[C@H](O)[C@@H]1O. The summed E-state index contributed by atoms with van der Waals surface area (Å²) >= 11 is 0. The molecule has 1 fully saturated rings. The lowest BCUT2D eigenvalue weighted by Gasteiger charge is -2.17. The van der Waals surface area contributed by atoms with Gasteiger partial charge in [-0.15, -0.1) is 5.10 Å². The van der Waals surface area contributed by atoms with E-state index in [1.165, 1.54) is 22.6 Å². The molecule has 14 nitrogen and oxygen atoms in total. The first-order valence-electron chi connectivity index (χ1n) is 11.1. The number of hydrogen-bond donors (Lipinski definition) is 4. The molecule has 0 bridgehead atoms. The van der Waals surface area contributed by atoms with E-state index in [-0.39, 0.29) is 22.9 Å². The van der Waals surface area contributed by atoms with Crippen molar-refractivity contribution in [2.24, 2.45) is 0 Å². The van der Waals surface area contributed by atoms with Crippen LogP contribution in [-0.4, -0.2) is 93.4 Å². The van der Waals surface area contributed by atoms with Crippen LogP contribution in [0.3, 0.4) is 0 Å². The molecule has 37 heavy (non-hydrogen) atoms. The Morgan fingerprint density at radius 1 is 1.22 bits per heavy atom. The normalized spacial score (nSPS) is 21.9. The van der Waals surface area contributed by atoms with E-state index >= 15 is 0 Å². The van der Waals surface area contributed by atoms with Crippen molar-refractivity contribution in [3.8, 4) is 17.2 Å². The van der Waals surface area contributed by atoms with Gasteiger partial charge in [0.15, 0.2) is 29.3 Å². The Morgan fingerprint density at radius 2 is 1.97 bits per heavy atom. The fourth-order valence-electron chi connectivity index (χ4n) is 3.82. The smallest absolute Gasteiger partial charge is 0.262 e. The van der Waals surface area contributed by atoms with Crippen LogP contribution in [0.15, 0.2) is 37.1 Å². The second-order valence-corrected chi connectivity index (χ2v) is 8.45. The summed E-state index contributed by atoms with van der Waals surface area (Å²) in [5.74, 6) is -3.76. The zero-order valence-corrected chi connectivity index (χ0v) is 19.5. The van der Waals surface area contributed by atoms with Gasteiger partial charge in [0.25, 0.3) is 17.8 Å². The maximum Gasteiger partial charge on any atom is 0.262 e. The van der Waals surface area contributed by atoms with Crippen LogP contribution in [0.1, 0.15) is 13.2 Å². The van der Waals surface area contributed by atoms with E-state index in [0.29, 0.717) is 5.69 Å². The van der Waals surface area contributed by atoms with E-state index in [4.69, 9.17) is 4.74 Å². The summed E-state index contributed by atoms with van der Waals surface area (Å²) in [7, 11) is 1.37. The number of carbonyl (C=O) groups is 1. The molecule has 1 aliphatic rings. The Morgan fingerprint density at radius 3 is 2.68 bits per heavy atom. The van der Waals surface area contributed by atoms with Crippen molar-refractivity contribution in [3.05, 3.63) is 37.1 Å². The highest BCUT2D eigenvalue weighted by Crippen LogP contribution is 2.33. The molecule has 0 aliphatic carbocycles. The van der Waals surface area contributed by atoms with Gasteiger partial charge in [0.1, 0.15) is 17.9 Å². The second kappa shape index (κ2) is 9.38. The van der Waals surface area contributed by atoms with Crippen molar-refractivity contribution in [2.75, 3.05) is 18.9 Å². The molecule has 16 heteroatoms. The molecule has 0 spiro atoms. The Bertz CT molecular complexity index is 1420. The number of imidazole rings is 1. The minimum absolute atomic E-state index is 0.0304. The first kappa shape index (κ1) is 24.5. The number of pyridine rings is 1. The maximum atomic E-state index is 13.6. The molecule has 4 N–H and O–H groups in total. The number of fused-ring (bicyclic) bond motifs is 1. The molecule has 4 atom stereocenters. The Balaban J connectivity index is 1.58. The van der Waals surface area contributed by atoms with Crippen molar-refractivity contribution in [3.63, 3.8) is 0 Å². The van der Waals surface area contributed by atoms with E-state index in [2.05, 4.69) is 40.9 Å². The van der Waals surface area contributed by atoms with Crippen LogP contribution in [-0.2, 0) is 9.53 Å². The lowest BCUT2D eigenvalue weighted by molar-refractivity contribution is -0.137. The quantitative estimate of drug-likeness (QED) is 0.258. The lowest BCUT2D eigenvalue weighted by Crippen LogP contribution is -2.41. The predicted octanol–water partition coefficient (Wildman–Crippen LogP) is -0.0987. The van der Waals surface area contributed by atoms with E-state index in [9.17, 15) is 23.8 Å². The number of alkyl halides is 2. The van der Waals surface area contributed by atoms with Crippen molar-refractivity contribution >= 4 is 22.9 Å². The van der Waals surface area contributed by atoms with E-state index in [1.54, 1.807) is 30.7 Å². The largest absolute Gasteiger partial charge is 0.387 e. The number of carbonyl (C=O) groups excluding carboxylic acids is 1. The summed E-state index contributed by atoms with van der Waals surface area (Å²) in [5, 5.41) is 34.0. The van der Waals surface area contributed by atoms with Gasteiger partial charge in [0, 0.05) is 31.9 Å². The van der Waals surface area contributed by atoms with Gasteiger partial charge in [-0.1, -0.05) is 5.21 Å². The van der Waals surface area contributed by atoms with Crippen LogP contribution in [0.25, 0.3) is 28.4 Å². The van der Waals surface area contributed by atoms with Gasteiger partial charge in [-0.3, -0.25) is 14.3 Å². The van der Waals surface area contributed by atoms with Gasteiger partial charge in [-0.2, -0.15) is 14.6 Å². The van der Waals surface area contributed by atoms with Gasteiger partial charge >= 0.3 is 0 Å². The average molecular weight is 516 g/mol. The molecule has 194 valence electrons. The van der Waals surface area contributed by atoms with E-state index in [1.807, 2.05) is 0 Å². The zero-order chi connectivity index (χ0) is 26.3. The Labute approximate surface area is 207 Å². The summed E-state index contributed by atoms with van der Waals surface area (Å²) < 4.78 is 35.4. The van der Waals surface area contributed by atoms with Crippen LogP contribution in [0.4, 0.5) is 14.6 Å². The third-order valence-electron chi connectivity index (χ3n) is 5.67. The van der Waals surface area contributed by atoms with Crippen molar-refractivity contribution in [2.45, 2.75) is 37.4 Å². The third kappa shape index (κ3) is 4.68. The van der Waals surface area contributed by atoms with Gasteiger partial charge in [0.05, 0.1) is 19.1 Å².